The van der Waals surface area contributed by atoms with Crippen molar-refractivity contribution in [3.05, 3.63) is 76.6 Å². The van der Waals surface area contributed by atoms with E-state index in [1.807, 2.05) is 11.8 Å². The molecule has 44 heavy (non-hydrogen) atoms. The maximum atomic E-state index is 15.0. The number of fused-ring (bicyclic) bond motifs is 1. The van der Waals surface area contributed by atoms with Gasteiger partial charge in [-0.3, -0.25) is 4.79 Å². The van der Waals surface area contributed by atoms with Gasteiger partial charge < -0.3 is 19.6 Å². The van der Waals surface area contributed by atoms with Gasteiger partial charge in [0.25, 0.3) is 0 Å². The molecule has 0 radical (unpaired) electrons. The van der Waals surface area contributed by atoms with Gasteiger partial charge in [0.1, 0.15) is 22.6 Å². The molecule has 5 heterocycles. The summed E-state index contributed by atoms with van der Waals surface area (Å²) in [4.78, 5) is 42.7. The van der Waals surface area contributed by atoms with Gasteiger partial charge in [-0.25, -0.2) is 32.1 Å². The van der Waals surface area contributed by atoms with E-state index in [-0.39, 0.29) is 69.0 Å². The quantitative estimate of drug-likeness (QED) is 0.312. The Morgan fingerprint density at radius 1 is 1.20 bits per heavy atom. The number of aromatic nitrogens is 4. The lowest BCUT2D eigenvalue weighted by molar-refractivity contribution is -0.126. The Labute approximate surface area is 255 Å². The molecule has 6 rings (SSSR count). The molecule has 1 N–H and O–H groups in total. The summed E-state index contributed by atoms with van der Waals surface area (Å²) >= 11 is 6.66. The fourth-order valence-electron chi connectivity index (χ4n) is 5.39. The Balaban J connectivity index is 1.63. The molecule has 0 saturated carbocycles. The first-order chi connectivity index (χ1) is 21.0. The number of rotatable bonds is 6. The summed E-state index contributed by atoms with van der Waals surface area (Å²) in [5.41, 5.74) is -1.55. The monoisotopic (exact) mass is 640 g/mol. The van der Waals surface area contributed by atoms with Gasteiger partial charge >= 0.3 is 5.69 Å². The summed E-state index contributed by atoms with van der Waals surface area (Å²) in [6, 6.07) is 7.72. The van der Waals surface area contributed by atoms with Crippen molar-refractivity contribution >= 4 is 44.2 Å². The van der Waals surface area contributed by atoms with Crippen LogP contribution in [-0.2, 0) is 19.4 Å². The molecule has 228 valence electrons. The summed E-state index contributed by atoms with van der Waals surface area (Å²) in [7, 11) is -4.04. The van der Waals surface area contributed by atoms with Gasteiger partial charge in [0.05, 0.1) is 40.6 Å². The zero-order valence-electron chi connectivity index (χ0n) is 23.4. The molecule has 2 fully saturated rings. The predicted molar refractivity (Wildman–Crippen MR) is 160 cm³/mol. The number of phenols is 1. The standard InChI is InChI=1S/C29H26ClFN6O6S/c1-3-23(39)35-10-11-36(16(2)13-35)26-18-12-19(30)25(24-20(31)6-4-8-22(24)38)33-27(18)37(29(40)34-26)21-7-5-9-32-28(21)44(41,42)17-14-43-15-17/h3-9,12,16-17,38H,1,10-11,13-15H2,2H3/t16-/m0/s1. The zero-order valence-corrected chi connectivity index (χ0v) is 24.9. The molecule has 1 aromatic carbocycles. The van der Waals surface area contributed by atoms with Crippen LogP contribution in [0.3, 0.4) is 0 Å². The van der Waals surface area contributed by atoms with Crippen molar-refractivity contribution in [1.82, 2.24) is 24.4 Å². The molecule has 0 spiro atoms. The third kappa shape index (κ3) is 4.88. The van der Waals surface area contributed by atoms with Crippen molar-refractivity contribution < 1.29 is 27.4 Å². The second kappa shape index (κ2) is 11.3. The second-order valence-corrected chi connectivity index (χ2v) is 13.0. The van der Waals surface area contributed by atoms with E-state index in [0.717, 1.165) is 10.6 Å². The number of nitrogens with zero attached hydrogens (tertiary/aromatic N) is 6. The van der Waals surface area contributed by atoms with E-state index < -0.39 is 32.3 Å². The minimum absolute atomic E-state index is 0.0199. The minimum Gasteiger partial charge on any atom is -0.507 e. The maximum absolute atomic E-state index is 15.0. The number of pyridine rings is 2. The molecular weight excluding hydrogens is 615 g/mol. The number of hydrogen-bond acceptors (Lipinski definition) is 10. The molecule has 0 unspecified atom stereocenters. The third-order valence-electron chi connectivity index (χ3n) is 7.72. The number of piperazine rings is 1. The summed E-state index contributed by atoms with van der Waals surface area (Å²) in [6.07, 6.45) is 2.53. The van der Waals surface area contributed by atoms with E-state index in [0.29, 0.717) is 19.6 Å². The number of hydrogen-bond donors (Lipinski definition) is 1. The van der Waals surface area contributed by atoms with Crippen molar-refractivity contribution in [3.63, 3.8) is 0 Å². The molecule has 15 heteroatoms. The molecule has 2 saturated heterocycles. The lowest BCUT2D eigenvalue weighted by Crippen LogP contribution is -2.54. The number of anilines is 1. The number of halogens is 2. The van der Waals surface area contributed by atoms with Crippen molar-refractivity contribution in [2.75, 3.05) is 37.7 Å². The molecule has 1 atom stereocenters. The van der Waals surface area contributed by atoms with E-state index >= 15 is 4.39 Å². The first-order valence-electron chi connectivity index (χ1n) is 13.6. The van der Waals surface area contributed by atoms with Gasteiger partial charge in [0.2, 0.25) is 15.7 Å². The number of benzene rings is 1. The molecule has 2 aliphatic rings. The Morgan fingerprint density at radius 2 is 1.98 bits per heavy atom. The topological polar surface area (TPSA) is 148 Å². The van der Waals surface area contributed by atoms with Crippen molar-refractivity contribution in [2.24, 2.45) is 0 Å². The summed E-state index contributed by atoms with van der Waals surface area (Å²) in [6.45, 7) is 6.29. The summed E-state index contributed by atoms with van der Waals surface area (Å²) in [5.74, 6) is -1.29. The van der Waals surface area contributed by atoms with Crippen LogP contribution in [0.2, 0.25) is 5.02 Å². The van der Waals surface area contributed by atoms with Crippen LogP contribution in [0.4, 0.5) is 10.2 Å². The van der Waals surface area contributed by atoms with Gasteiger partial charge in [0.15, 0.2) is 10.7 Å². The molecule has 1 amide bonds. The Kier molecular flexibility index (Phi) is 7.59. The number of ether oxygens (including phenoxy) is 1. The molecule has 12 nitrogen and oxygen atoms in total. The molecular formula is C29H26ClFN6O6S. The normalized spacial score (nSPS) is 17.5. The van der Waals surface area contributed by atoms with Crippen LogP contribution in [0.25, 0.3) is 28.0 Å². The number of aromatic hydroxyl groups is 1. The number of carbonyl (C=O) groups is 1. The molecule has 4 aromatic rings. The molecule has 0 aliphatic carbocycles. The summed E-state index contributed by atoms with van der Waals surface area (Å²) in [5, 5.41) is 9.52. The first-order valence-corrected chi connectivity index (χ1v) is 15.5. The lowest BCUT2D eigenvalue weighted by atomic mass is 10.1. The van der Waals surface area contributed by atoms with Crippen LogP contribution in [0.5, 0.6) is 5.75 Å². The van der Waals surface area contributed by atoms with Gasteiger partial charge in [0, 0.05) is 31.9 Å². The van der Waals surface area contributed by atoms with Crippen LogP contribution in [-0.4, -0.2) is 88.0 Å². The number of carbonyl (C=O) groups excluding carboxylic acids is 1. The smallest absolute Gasteiger partial charge is 0.355 e. The van der Waals surface area contributed by atoms with Gasteiger partial charge in [-0.15, -0.1) is 0 Å². The first kappa shape index (κ1) is 29.7. The van der Waals surface area contributed by atoms with Crippen LogP contribution >= 0.6 is 11.6 Å². The number of amides is 1. The van der Waals surface area contributed by atoms with E-state index in [2.05, 4.69) is 21.5 Å². The van der Waals surface area contributed by atoms with E-state index in [9.17, 15) is 23.1 Å². The van der Waals surface area contributed by atoms with E-state index in [1.165, 1.54) is 42.6 Å². The maximum Gasteiger partial charge on any atom is 0.355 e. The van der Waals surface area contributed by atoms with Crippen LogP contribution in [0, 0.1) is 5.82 Å². The highest BCUT2D eigenvalue weighted by molar-refractivity contribution is 7.92. The lowest BCUT2D eigenvalue weighted by Gasteiger charge is -2.40. The highest BCUT2D eigenvalue weighted by atomic mass is 35.5. The number of sulfone groups is 1. The number of phenolic OH excluding ortho intramolecular Hbond substituents is 1. The second-order valence-electron chi connectivity index (χ2n) is 10.4. The van der Waals surface area contributed by atoms with Gasteiger partial charge in [-0.05, 0) is 43.3 Å². The van der Waals surface area contributed by atoms with E-state index in [1.54, 1.807) is 4.90 Å². The fraction of sp³-hybridized carbons (Fsp3) is 0.276. The summed E-state index contributed by atoms with van der Waals surface area (Å²) < 4.78 is 48.1. The highest BCUT2D eigenvalue weighted by Gasteiger charge is 2.38. The van der Waals surface area contributed by atoms with Crippen LogP contribution in [0.1, 0.15) is 6.92 Å². The largest absolute Gasteiger partial charge is 0.507 e. The molecule has 2 aliphatic heterocycles. The average Bonchev–Trinajstić information content (AvgIpc) is 2.96. The minimum atomic E-state index is -4.04. The third-order valence-corrected chi connectivity index (χ3v) is 10.0. The SMILES string of the molecule is C=CC(=O)N1CCN(c2nc(=O)n(-c3cccnc3S(=O)(=O)C3COC3)c3nc(-c4c(O)cccc4F)c(Cl)cc23)[C@@H](C)C1. The average molecular weight is 641 g/mol. The van der Waals surface area contributed by atoms with Crippen LogP contribution < -0.4 is 10.6 Å². The van der Waals surface area contributed by atoms with E-state index in [4.69, 9.17) is 16.3 Å². The van der Waals surface area contributed by atoms with Crippen LogP contribution in [0.15, 0.2) is 65.1 Å². The van der Waals surface area contributed by atoms with Crippen molar-refractivity contribution in [2.45, 2.75) is 23.2 Å². The van der Waals surface area contributed by atoms with Gasteiger partial charge in [-0.1, -0.05) is 24.2 Å². The van der Waals surface area contributed by atoms with Crippen molar-refractivity contribution in [3.8, 4) is 22.7 Å². The Bertz CT molecular complexity index is 1980. The molecule has 0 bridgehead atoms. The van der Waals surface area contributed by atoms with Crippen molar-refractivity contribution in [1.29, 1.82) is 0 Å². The van der Waals surface area contributed by atoms with Gasteiger partial charge in [-0.2, -0.15) is 4.98 Å². The molecule has 3 aromatic heterocycles. The highest BCUT2D eigenvalue weighted by Crippen LogP contribution is 2.39. The Hall–Kier alpha value is -4.40. The zero-order chi connectivity index (χ0) is 31.3. The Morgan fingerprint density at radius 3 is 2.64 bits per heavy atom. The predicted octanol–water partition coefficient (Wildman–Crippen LogP) is 2.74. The fourth-order valence-corrected chi connectivity index (χ4v) is 7.16.